The number of hydrogen-bond donors (Lipinski definition) is 1. The van der Waals surface area contributed by atoms with Crippen molar-refractivity contribution in [1.82, 2.24) is 14.5 Å². The van der Waals surface area contributed by atoms with E-state index in [-0.39, 0.29) is 16.7 Å². The molecule has 0 saturated heterocycles. The lowest BCUT2D eigenvalue weighted by Crippen LogP contribution is -2.35. The second kappa shape index (κ2) is 5.98. The zero-order valence-corrected chi connectivity index (χ0v) is 14.9. The highest BCUT2D eigenvalue weighted by Crippen LogP contribution is 2.29. The molecule has 132 valence electrons. The summed E-state index contributed by atoms with van der Waals surface area (Å²) in [5.41, 5.74) is 2.57. The number of aromatic nitrogens is 2. The van der Waals surface area contributed by atoms with E-state index in [1.54, 1.807) is 30.5 Å². The Bertz CT molecular complexity index is 912. The highest BCUT2D eigenvalue weighted by atomic mass is 32.2. The molecule has 0 bridgehead atoms. The summed E-state index contributed by atoms with van der Waals surface area (Å²) in [7, 11) is -3.70. The second-order valence-corrected chi connectivity index (χ2v) is 8.77. The van der Waals surface area contributed by atoms with Gasteiger partial charge in [-0.1, -0.05) is 17.7 Å². The summed E-state index contributed by atoms with van der Waals surface area (Å²) in [4.78, 5) is 12.5. The van der Waals surface area contributed by atoms with Crippen LogP contribution < -0.4 is 5.32 Å². The average molecular weight is 359 g/mol. The molecule has 0 spiro atoms. The minimum atomic E-state index is -3.70. The Balaban J connectivity index is 1.59. The molecule has 6 nitrogen and oxygen atoms in total. The molecule has 1 amide bonds. The smallest absolute Gasteiger partial charge is 0.283 e. The molecule has 1 atom stereocenters. The summed E-state index contributed by atoms with van der Waals surface area (Å²) in [5, 5.41) is 7.17. The van der Waals surface area contributed by atoms with Gasteiger partial charge in [0.2, 0.25) is 5.91 Å². The molecule has 0 radical (unpaired) electrons. The van der Waals surface area contributed by atoms with E-state index < -0.39 is 10.0 Å². The van der Waals surface area contributed by atoms with Crippen LogP contribution in [0.5, 0.6) is 0 Å². The number of hydrogen-bond acceptors (Lipinski definition) is 4. The third-order valence-electron chi connectivity index (χ3n) is 4.96. The van der Waals surface area contributed by atoms with Gasteiger partial charge in [0.1, 0.15) is 0 Å². The van der Waals surface area contributed by atoms with Crippen molar-refractivity contribution in [3.05, 3.63) is 47.3 Å². The fraction of sp³-hybridized carbons (Fsp3) is 0.444. The van der Waals surface area contributed by atoms with E-state index in [0.29, 0.717) is 31.0 Å². The Hall–Kier alpha value is -2.15. The number of aryl methyl sites for hydroxylation is 1. The van der Waals surface area contributed by atoms with Gasteiger partial charge in [0, 0.05) is 12.0 Å². The van der Waals surface area contributed by atoms with E-state index >= 15 is 0 Å². The molecule has 1 heterocycles. The van der Waals surface area contributed by atoms with Crippen molar-refractivity contribution in [2.24, 2.45) is 5.92 Å². The standard InChI is InChI=1S/C18H21N3O3S/c1-12-2-7-16(8-3-12)25(23,24)21-17-9-4-13(10-14(17)11-19-21)18(22)20-15-5-6-15/h2-3,7-8,11,13,15H,4-6,9-10H2,1H3,(H,20,22). The molecule has 1 N–H and O–H groups in total. The topological polar surface area (TPSA) is 81.1 Å². The average Bonchev–Trinajstić information content (AvgIpc) is 3.30. The number of carbonyl (C=O) groups excluding carboxylic acids is 1. The van der Waals surface area contributed by atoms with E-state index in [0.717, 1.165) is 28.1 Å². The summed E-state index contributed by atoms with van der Waals surface area (Å²) in [6.07, 6.45) is 5.48. The molecule has 2 aliphatic rings. The molecule has 2 aliphatic carbocycles. The van der Waals surface area contributed by atoms with Gasteiger partial charge in [-0.15, -0.1) is 0 Å². The summed E-state index contributed by atoms with van der Waals surface area (Å²) >= 11 is 0. The summed E-state index contributed by atoms with van der Waals surface area (Å²) in [6, 6.07) is 7.11. The molecule has 2 aromatic rings. The number of fused-ring (bicyclic) bond motifs is 1. The van der Waals surface area contributed by atoms with Crippen molar-refractivity contribution in [3.63, 3.8) is 0 Å². The first-order valence-corrected chi connectivity index (χ1v) is 10.1. The van der Waals surface area contributed by atoms with Crippen molar-refractivity contribution >= 4 is 15.9 Å². The van der Waals surface area contributed by atoms with Crippen LogP contribution in [0.3, 0.4) is 0 Å². The summed E-state index contributed by atoms with van der Waals surface area (Å²) in [6.45, 7) is 1.92. The number of carbonyl (C=O) groups is 1. The minimum absolute atomic E-state index is 0.0855. The molecular weight excluding hydrogens is 338 g/mol. The fourth-order valence-electron chi connectivity index (χ4n) is 3.28. The minimum Gasteiger partial charge on any atom is -0.353 e. The van der Waals surface area contributed by atoms with Crippen molar-refractivity contribution in [3.8, 4) is 0 Å². The summed E-state index contributed by atoms with van der Waals surface area (Å²) in [5.74, 6) is -0.00452. The van der Waals surface area contributed by atoms with Gasteiger partial charge < -0.3 is 5.32 Å². The lowest BCUT2D eigenvalue weighted by Gasteiger charge is -2.22. The molecule has 4 rings (SSSR count). The molecule has 1 aromatic carbocycles. The van der Waals surface area contributed by atoms with Crippen LogP contribution in [0.4, 0.5) is 0 Å². The first-order valence-electron chi connectivity index (χ1n) is 8.63. The molecule has 7 heteroatoms. The summed E-state index contributed by atoms with van der Waals surface area (Å²) < 4.78 is 26.9. The first-order chi connectivity index (χ1) is 11.9. The Morgan fingerprint density at radius 1 is 1.20 bits per heavy atom. The van der Waals surface area contributed by atoms with E-state index in [9.17, 15) is 13.2 Å². The zero-order chi connectivity index (χ0) is 17.6. The molecule has 1 unspecified atom stereocenters. The highest BCUT2D eigenvalue weighted by molar-refractivity contribution is 7.89. The van der Waals surface area contributed by atoms with Gasteiger partial charge in [0.25, 0.3) is 10.0 Å². The van der Waals surface area contributed by atoms with Crippen LogP contribution in [-0.4, -0.2) is 29.6 Å². The lowest BCUT2D eigenvalue weighted by atomic mass is 9.87. The first kappa shape index (κ1) is 16.3. The van der Waals surface area contributed by atoms with Crippen LogP contribution >= 0.6 is 0 Å². The molecule has 1 saturated carbocycles. The molecule has 1 fully saturated rings. The Morgan fingerprint density at radius 3 is 2.60 bits per heavy atom. The molecule has 1 aromatic heterocycles. The SMILES string of the molecule is Cc1ccc(S(=O)(=O)n2ncc3c2CCC(C(=O)NC2CC2)C3)cc1. The van der Waals surface area contributed by atoms with Crippen LogP contribution in [0.15, 0.2) is 35.4 Å². The predicted octanol–water partition coefficient (Wildman–Crippen LogP) is 1.81. The quantitative estimate of drug-likeness (QED) is 0.903. The van der Waals surface area contributed by atoms with E-state index in [1.165, 1.54) is 0 Å². The third kappa shape index (κ3) is 3.08. The monoisotopic (exact) mass is 359 g/mol. The number of rotatable bonds is 4. The maximum atomic E-state index is 12.9. The largest absolute Gasteiger partial charge is 0.353 e. The molecular formula is C18H21N3O3S. The van der Waals surface area contributed by atoms with Gasteiger partial charge in [0.05, 0.1) is 16.8 Å². The maximum absolute atomic E-state index is 12.9. The fourth-order valence-corrected chi connectivity index (χ4v) is 4.63. The van der Waals surface area contributed by atoms with Crippen molar-refractivity contribution in [2.75, 3.05) is 0 Å². The van der Waals surface area contributed by atoms with Crippen molar-refractivity contribution in [1.29, 1.82) is 0 Å². The van der Waals surface area contributed by atoms with Gasteiger partial charge in [-0.2, -0.15) is 17.6 Å². The highest BCUT2D eigenvalue weighted by Gasteiger charge is 2.33. The second-order valence-electron chi connectivity index (χ2n) is 7.00. The van der Waals surface area contributed by atoms with E-state index in [4.69, 9.17) is 0 Å². The van der Waals surface area contributed by atoms with E-state index in [2.05, 4.69) is 10.4 Å². The number of nitrogens with zero attached hydrogens (tertiary/aromatic N) is 2. The lowest BCUT2D eigenvalue weighted by molar-refractivity contribution is -0.125. The third-order valence-corrected chi connectivity index (χ3v) is 6.59. The zero-order valence-electron chi connectivity index (χ0n) is 14.1. The van der Waals surface area contributed by atoms with Crippen LogP contribution in [0.1, 0.15) is 36.1 Å². The van der Waals surface area contributed by atoms with Gasteiger partial charge >= 0.3 is 0 Å². The normalized spacial score (nSPS) is 20.1. The Labute approximate surface area is 147 Å². The number of benzene rings is 1. The van der Waals surface area contributed by atoms with E-state index in [1.807, 2.05) is 6.92 Å². The number of amides is 1. The Morgan fingerprint density at radius 2 is 1.92 bits per heavy atom. The Kier molecular flexibility index (Phi) is 3.91. The van der Waals surface area contributed by atoms with Gasteiger partial charge in [-0.3, -0.25) is 4.79 Å². The molecule has 25 heavy (non-hydrogen) atoms. The maximum Gasteiger partial charge on any atom is 0.283 e. The molecule has 0 aliphatic heterocycles. The van der Waals surface area contributed by atoms with Crippen LogP contribution in [0.2, 0.25) is 0 Å². The van der Waals surface area contributed by atoms with Crippen molar-refractivity contribution < 1.29 is 13.2 Å². The van der Waals surface area contributed by atoms with Gasteiger partial charge in [-0.25, -0.2) is 0 Å². The van der Waals surface area contributed by atoms with Gasteiger partial charge in [0.15, 0.2) is 0 Å². The van der Waals surface area contributed by atoms with Crippen molar-refractivity contribution in [2.45, 2.75) is 50.0 Å². The van der Waals surface area contributed by atoms with Crippen LogP contribution in [0, 0.1) is 12.8 Å². The van der Waals surface area contributed by atoms with Crippen LogP contribution in [-0.2, 0) is 27.7 Å². The number of nitrogens with one attached hydrogen (secondary N) is 1. The predicted molar refractivity (Wildman–Crippen MR) is 92.7 cm³/mol. The van der Waals surface area contributed by atoms with Crippen LogP contribution in [0.25, 0.3) is 0 Å². The van der Waals surface area contributed by atoms with Gasteiger partial charge in [-0.05, 0) is 56.7 Å².